The Morgan fingerprint density at radius 3 is 2.60 bits per heavy atom. The van der Waals surface area contributed by atoms with Gasteiger partial charge in [0.05, 0.1) is 4.92 Å². The molecule has 0 radical (unpaired) electrons. The number of nitrogen functional groups attached to an aromatic ring is 1. The summed E-state index contributed by atoms with van der Waals surface area (Å²) in [6, 6.07) is 0.631. The fraction of sp³-hybridized carbons (Fsp3) is 0.167. The standard InChI is InChI=1S/C6H4F3N3O3/c7-6(8,9)15-4-1-5(10)11-2-3(4)12(13)14/h1-2H,(H2,10,11). The van der Waals surface area contributed by atoms with E-state index in [1.165, 1.54) is 0 Å². The van der Waals surface area contributed by atoms with Crippen molar-refractivity contribution in [1.29, 1.82) is 0 Å². The molecule has 1 aromatic rings. The van der Waals surface area contributed by atoms with Gasteiger partial charge >= 0.3 is 12.0 Å². The van der Waals surface area contributed by atoms with Crippen LogP contribution < -0.4 is 10.5 Å². The summed E-state index contributed by atoms with van der Waals surface area (Å²) in [6.45, 7) is 0. The van der Waals surface area contributed by atoms with Gasteiger partial charge in [-0.05, 0) is 0 Å². The van der Waals surface area contributed by atoms with Crippen molar-refractivity contribution in [2.45, 2.75) is 6.36 Å². The summed E-state index contributed by atoms with van der Waals surface area (Å²) in [4.78, 5) is 12.5. The molecule has 0 fully saturated rings. The molecule has 1 rings (SSSR count). The first-order chi connectivity index (χ1) is 6.79. The Balaban J connectivity index is 3.13. The second-order valence-electron chi connectivity index (χ2n) is 2.38. The Hall–Kier alpha value is -2.06. The van der Waals surface area contributed by atoms with Gasteiger partial charge in [0.15, 0.2) is 0 Å². The maximum atomic E-state index is 11.8. The number of nitro groups is 1. The molecule has 2 N–H and O–H groups in total. The van der Waals surface area contributed by atoms with E-state index in [1.807, 2.05) is 0 Å². The number of anilines is 1. The van der Waals surface area contributed by atoms with E-state index in [4.69, 9.17) is 5.73 Å². The summed E-state index contributed by atoms with van der Waals surface area (Å²) < 4.78 is 38.8. The van der Waals surface area contributed by atoms with Crippen molar-refractivity contribution in [3.05, 3.63) is 22.4 Å². The maximum absolute atomic E-state index is 11.8. The molecule has 0 spiro atoms. The van der Waals surface area contributed by atoms with Crippen LogP contribution in [0.4, 0.5) is 24.7 Å². The van der Waals surface area contributed by atoms with Gasteiger partial charge in [-0.25, -0.2) is 4.98 Å². The Morgan fingerprint density at radius 2 is 2.13 bits per heavy atom. The Morgan fingerprint density at radius 1 is 1.53 bits per heavy atom. The van der Waals surface area contributed by atoms with Crippen molar-refractivity contribution in [3.63, 3.8) is 0 Å². The fourth-order valence-electron chi connectivity index (χ4n) is 0.788. The van der Waals surface area contributed by atoms with Crippen molar-refractivity contribution in [1.82, 2.24) is 4.98 Å². The number of ether oxygens (including phenoxy) is 1. The molecule has 0 bridgehead atoms. The molecule has 0 unspecified atom stereocenters. The van der Waals surface area contributed by atoms with E-state index >= 15 is 0 Å². The first-order valence-corrected chi connectivity index (χ1v) is 3.45. The van der Waals surface area contributed by atoms with Gasteiger partial charge in [0.25, 0.3) is 0 Å². The first kappa shape index (κ1) is 11.0. The summed E-state index contributed by atoms with van der Waals surface area (Å²) in [5, 5.41) is 10.3. The number of rotatable bonds is 2. The Bertz CT molecular complexity index is 393. The molecule has 82 valence electrons. The molecule has 6 nitrogen and oxygen atoms in total. The highest BCUT2D eigenvalue weighted by molar-refractivity contribution is 5.50. The van der Waals surface area contributed by atoms with Crippen LogP contribution in [-0.4, -0.2) is 16.3 Å². The minimum atomic E-state index is -5.02. The molecule has 0 aliphatic carbocycles. The molecule has 0 aliphatic heterocycles. The lowest BCUT2D eigenvalue weighted by atomic mass is 10.4. The average Bonchev–Trinajstić information content (AvgIpc) is 1.99. The average molecular weight is 223 g/mol. The fourth-order valence-corrected chi connectivity index (χ4v) is 0.788. The third kappa shape index (κ3) is 2.97. The van der Waals surface area contributed by atoms with E-state index in [0.717, 1.165) is 0 Å². The van der Waals surface area contributed by atoms with E-state index in [9.17, 15) is 23.3 Å². The summed E-state index contributed by atoms with van der Waals surface area (Å²) in [6.07, 6.45) is -4.42. The van der Waals surface area contributed by atoms with E-state index in [2.05, 4.69) is 9.72 Å². The van der Waals surface area contributed by atoms with Crippen LogP contribution in [0.3, 0.4) is 0 Å². The summed E-state index contributed by atoms with van der Waals surface area (Å²) in [5.41, 5.74) is 4.16. The Kier molecular flexibility index (Phi) is 2.64. The topological polar surface area (TPSA) is 91.3 Å². The van der Waals surface area contributed by atoms with Gasteiger partial charge < -0.3 is 10.5 Å². The number of aromatic nitrogens is 1. The molecule has 0 amide bonds. The zero-order valence-electron chi connectivity index (χ0n) is 6.99. The van der Waals surface area contributed by atoms with E-state index < -0.39 is 22.7 Å². The minimum absolute atomic E-state index is 0.306. The van der Waals surface area contributed by atoms with Gasteiger partial charge in [-0.2, -0.15) is 0 Å². The maximum Gasteiger partial charge on any atom is 0.573 e. The lowest BCUT2D eigenvalue weighted by Crippen LogP contribution is -2.18. The van der Waals surface area contributed by atoms with Crippen LogP contribution in [0.1, 0.15) is 0 Å². The largest absolute Gasteiger partial charge is 0.573 e. The molecule has 1 aromatic heterocycles. The molecule has 1 heterocycles. The molecule has 0 saturated carbocycles. The van der Waals surface area contributed by atoms with Crippen molar-refractivity contribution in [3.8, 4) is 5.75 Å². The zero-order chi connectivity index (χ0) is 11.6. The number of halogens is 3. The van der Waals surface area contributed by atoms with Crippen molar-refractivity contribution in [2.75, 3.05) is 5.73 Å². The summed E-state index contributed by atoms with van der Waals surface area (Å²) >= 11 is 0. The summed E-state index contributed by atoms with van der Waals surface area (Å²) in [7, 11) is 0. The van der Waals surface area contributed by atoms with Gasteiger partial charge in [-0.15, -0.1) is 13.2 Å². The van der Waals surface area contributed by atoms with Gasteiger partial charge in [-0.1, -0.05) is 0 Å². The van der Waals surface area contributed by atoms with E-state index in [-0.39, 0.29) is 5.82 Å². The van der Waals surface area contributed by atoms with Gasteiger partial charge in [0.2, 0.25) is 5.75 Å². The van der Waals surface area contributed by atoms with Gasteiger partial charge in [0.1, 0.15) is 12.0 Å². The van der Waals surface area contributed by atoms with E-state index in [1.54, 1.807) is 0 Å². The number of nitrogens with zero attached hydrogens (tertiary/aromatic N) is 2. The van der Waals surface area contributed by atoms with E-state index in [0.29, 0.717) is 12.3 Å². The number of nitrogens with two attached hydrogens (primary N) is 1. The van der Waals surface area contributed by atoms with Crippen molar-refractivity contribution < 1.29 is 22.8 Å². The zero-order valence-corrected chi connectivity index (χ0v) is 6.99. The number of hydrogen-bond acceptors (Lipinski definition) is 5. The molecule has 0 atom stereocenters. The smallest absolute Gasteiger partial charge is 0.398 e. The molecule has 0 saturated heterocycles. The highest BCUT2D eigenvalue weighted by Crippen LogP contribution is 2.32. The SMILES string of the molecule is Nc1cc(OC(F)(F)F)c([N+](=O)[O-])cn1. The Labute approximate surface area is 80.6 Å². The van der Waals surface area contributed by atoms with Crippen molar-refractivity contribution in [2.24, 2.45) is 0 Å². The van der Waals surface area contributed by atoms with Gasteiger partial charge in [-0.3, -0.25) is 10.1 Å². The normalized spacial score (nSPS) is 11.1. The van der Waals surface area contributed by atoms with Crippen LogP contribution >= 0.6 is 0 Å². The summed E-state index contributed by atoms with van der Waals surface area (Å²) in [5.74, 6) is -1.29. The highest BCUT2D eigenvalue weighted by atomic mass is 19.4. The van der Waals surface area contributed by atoms with Crippen LogP contribution in [0.2, 0.25) is 0 Å². The molecular formula is C6H4F3N3O3. The lowest BCUT2D eigenvalue weighted by Gasteiger charge is -2.08. The third-order valence-electron chi connectivity index (χ3n) is 1.29. The van der Waals surface area contributed by atoms with Crippen LogP contribution in [0.5, 0.6) is 5.75 Å². The molecule has 15 heavy (non-hydrogen) atoms. The third-order valence-corrected chi connectivity index (χ3v) is 1.29. The first-order valence-electron chi connectivity index (χ1n) is 3.45. The quantitative estimate of drug-likeness (QED) is 0.605. The van der Waals surface area contributed by atoms with Crippen LogP contribution in [0.15, 0.2) is 12.3 Å². The van der Waals surface area contributed by atoms with Crippen LogP contribution in [0.25, 0.3) is 0 Å². The second kappa shape index (κ2) is 3.59. The number of hydrogen-bond donors (Lipinski definition) is 1. The number of pyridine rings is 1. The molecule has 0 aliphatic rings. The predicted molar refractivity (Wildman–Crippen MR) is 42.0 cm³/mol. The molecule has 9 heteroatoms. The van der Waals surface area contributed by atoms with Gasteiger partial charge in [0, 0.05) is 6.07 Å². The van der Waals surface area contributed by atoms with Crippen molar-refractivity contribution >= 4 is 11.5 Å². The highest BCUT2D eigenvalue weighted by Gasteiger charge is 2.34. The second-order valence-corrected chi connectivity index (χ2v) is 2.38. The van der Waals surface area contributed by atoms with Crippen LogP contribution in [0, 0.1) is 10.1 Å². The minimum Gasteiger partial charge on any atom is -0.398 e. The predicted octanol–water partition coefficient (Wildman–Crippen LogP) is 1.47. The lowest BCUT2D eigenvalue weighted by molar-refractivity contribution is -0.389. The molecular weight excluding hydrogens is 219 g/mol. The monoisotopic (exact) mass is 223 g/mol. The van der Waals surface area contributed by atoms with Crippen LogP contribution in [-0.2, 0) is 0 Å². The number of alkyl halides is 3. The molecule has 0 aromatic carbocycles.